The van der Waals surface area contributed by atoms with Gasteiger partial charge < -0.3 is 15.5 Å². The fourth-order valence-electron chi connectivity index (χ4n) is 1.78. The minimum absolute atomic E-state index is 0.115. The number of hydrogen-bond acceptors (Lipinski definition) is 3. The Kier molecular flexibility index (Phi) is 4.60. The van der Waals surface area contributed by atoms with E-state index < -0.39 is 0 Å². The SMILES string of the molecule is Cc1ccc(C#CCO)cc1NC(=O)c1ccc(O)cc1. The summed E-state index contributed by atoms with van der Waals surface area (Å²) in [7, 11) is 0. The number of aliphatic hydroxyl groups is 1. The van der Waals surface area contributed by atoms with Crippen LogP contribution in [0.1, 0.15) is 21.5 Å². The molecule has 106 valence electrons. The van der Waals surface area contributed by atoms with Gasteiger partial charge in [-0.15, -0.1) is 0 Å². The molecular weight excluding hydrogens is 266 g/mol. The van der Waals surface area contributed by atoms with Crippen molar-refractivity contribution >= 4 is 11.6 Å². The number of phenols is 1. The summed E-state index contributed by atoms with van der Waals surface area (Å²) < 4.78 is 0. The molecule has 0 aliphatic rings. The zero-order chi connectivity index (χ0) is 15.2. The van der Waals surface area contributed by atoms with Crippen LogP contribution in [0.4, 0.5) is 5.69 Å². The number of phenolic OH excluding ortho intramolecular Hbond substituents is 1. The predicted octanol–water partition coefficient (Wildman–Crippen LogP) is 2.30. The number of nitrogens with one attached hydrogen (secondary N) is 1. The van der Waals surface area contributed by atoms with Crippen molar-refractivity contribution in [3.63, 3.8) is 0 Å². The Morgan fingerprint density at radius 1 is 1.19 bits per heavy atom. The van der Waals surface area contributed by atoms with Crippen molar-refractivity contribution in [3.8, 4) is 17.6 Å². The van der Waals surface area contributed by atoms with E-state index in [9.17, 15) is 9.90 Å². The number of aliphatic hydroxyl groups excluding tert-OH is 1. The molecule has 1 amide bonds. The molecule has 0 heterocycles. The van der Waals surface area contributed by atoms with Gasteiger partial charge >= 0.3 is 0 Å². The molecule has 4 heteroatoms. The molecule has 2 aromatic rings. The number of hydrogen-bond donors (Lipinski definition) is 3. The van der Waals surface area contributed by atoms with E-state index in [0.717, 1.165) is 11.1 Å². The van der Waals surface area contributed by atoms with E-state index >= 15 is 0 Å². The van der Waals surface area contributed by atoms with Gasteiger partial charge in [0.1, 0.15) is 12.4 Å². The van der Waals surface area contributed by atoms with Crippen LogP contribution in [0.3, 0.4) is 0 Å². The fourth-order valence-corrected chi connectivity index (χ4v) is 1.78. The summed E-state index contributed by atoms with van der Waals surface area (Å²) in [5.41, 5.74) is 2.75. The van der Waals surface area contributed by atoms with Crippen molar-refractivity contribution in [3.05, 3.63) is 59.2 Å². The maximum absolute atomic E-state index is 12.1. The van der Waals surface area contributed by atoms with Crippen molar-refractivity contribution in [2.24, 2.45) is 0 Å². The molecule has 0 fully saturated rings. The number of aromatic hydroxyl groups is 1. The fraction of sp³-hybridized carbons (Fsp3) is 0.118. The van der Waals surface area contributed by atoms with Crippen molar-refractivity contribution < 1.29 is 15.0 Å². The first-order chi connectivity index (χ1) is 10.1. The zero-order valence-corrected chi connectivity index (χ0v) is 11.6. The molecule has 0 radical (unpaired) electrons. The molecule has 2 aromatic carbocycles. The summed E-state index contributed by atoms with van der Waals surface area (Å²) in [6.07, 6.45) is 0. The van der Waals surface area contributed by atoms with Crippen LogP contribution in [0.25, 0.3) is 0 Å². The minimum atomic E-state index is -0.259. The van der Waals surface area contributed by atoms with Gasteiger partial charge in [0.05, 0.1) is 0 Å². The number of aryl methyl sites for hydroxylation is 1. The number of anilines is 1. The second kappa shape index (κ2) is 6.60. The van der Waals surface area contributed by atoms with Gasteiger partial charge in [-0.3, -0.25) is 4.79 Å². The Bertz CT molecular complexity index is 709. The van der Waals surface area contributed by atoms with Gasteiger partial charge in [0.25, 0.3) is 5.91 Å². The van der Waals surface area contributed by atoms with Crippen LogP contribution < -0.4 is 5.32 Å². The molecule has 0 bridgehead atoms. The highest BCUT2D eigenvalue weighted by molar-refractivity contribution is 6.04. The molecule has 3 N–H and O–H groups in total. The van der Waals surface area contributed by atoms with Crippen LogP contribution in [-0.4, -0.2) is 22.7 Å². The molecular formula is C17H15NO3. The predicted molar refractivity (Wildman–Crippen MR) is 81.2 cm³/mol. The van der Waals surface area contributed by atoms with Gasteiger partial charge in [0, 0.05) is 16.8 Å². The average molecular weight is 281 g/mol. The van der Waals surface area contributed by atoms with E-state index in [1.165, 1.54) is 12.1 Å². The standard InChI is InChI=1S/C17H15NO3/c1-12-4-5-13(3-2-10-19)11-16(12)18-17(21)14-6-8-15(20)9-7-14/h4-9,11,19-20H,10H2,1H3,(H,18,21). The lowest BCUT2D eigenvalue weighted by molar-refractivity contribution is 0.102. The lowest BCUT2D eigenvalue weighted by atomic mass is 10.1. The molecule has 4 nitrogen and oxygen atoms in total. The van der Waals surface area contributed by atoms with Crippen LogP contribution in [0.5, 0.6) is 5.75 Å². The number of rotatable bonds is 2. The van der Waals surface area contributed by atoms with Crippen LogP contribution in [0.15, 0.2) is 42.5 Å². The Morgan fingerprint density at radius 3 is 2.57 bits per heavy atom. The van der Waals surface area contributed by atoms with Crippen molar-refractivity contribution in [2.75, 3.05) is 11.9 Å². The lowest BCUT2D eigenvalue weighted by Crippen LogP contribution is -2.12. The highest BCUT2D eigenvalue weighted by Gasteiger charge is 2.08. The van der Waals surface area contributed by atoms with E-state index in [1.807, 2.05) is 19.1 Å². The molecule has 2 rings (SSSR count). The second-order valence-electron chi connectivity index (χ2n) is 4.49. The quantitative estimate of drug-likeness (QED) is 0.740. The van der Waals surface area contributed by atoms with Crippen LogP contribution >= 0.6 is 0 Å². The zero-order valence-electron chi connectivity index (χ0n) is 11.6. The Hall–Kier alpha value is -2.77. The van der Waals surface area contributed by atoms with Crippen LogP contribution in [0.2, 0.25) is 0 Å². The molecule has 0 saturated carbocycles. The Balaban J connectivity index is 2.22. The first-order valence-electron chi connectivity index (χ1n) is 6.41. The number of carbonyl (C=O) groups excluding carboxylic acids is 1. The van der Waals surface area contributed by atoms with Crippen molar-refractivity contribution in [2.45, 2.75) is 6.92 Å². The highest BCUT2D eigenvalue weighted by Crippen LogP contribution is 2.18. The minimum Gasteiger partial charge on any atom is -0.508 e. The summed E-state index contributed by atoms with van der Waals surface area (Å²) in [4.78, 5) is 12.1. The van der Waals surface area contributed by atoms with E-state index in [0.29, 0.717) is 11.3 Å². The van der Waals surface area contributed by atoms with Crippen molar-refractivity contribution in [1.29, 1.82) is 0 Å². The van der Waals surface area contributed by atoms with Crippen LogP contribution in [0, 0.1) is 18.8 Å². The molecule has 0 atom stereocenters. The first-order valence-corrected chi connectivity index (χ1v) is 6.41. The Labute approximate surface area is 123 Å². The Morgan fingerprint density at radius 2 is 1.90 bits per heavy atom. The highest BCUT2D eigenvalue weighted by atomic mass is 16.3. The van der Waals surface area contributed by atoms with E-state index in [-0.39, 0.29) is 18.3 Å². The third-order valence-corrected chi connectivity index (χ3v) is 2.93. The third-order valence-electron chi connectivity index (χ3n) is 2.93. The summed E-state index contributed by atoms with van der Waals surface area (Å²) in [6.45, 7) is 1.68. The van der Waals surface area contributed by atoms with Crippen molar-refractivity contribution in [1.82, 2.24) is 0 Å². The average Bonchev–Trinajstić information content (AvgIpc) is 2.48. The molecule has 0 aromatic heterocycles. The second-order valence-corrected chi connectivity index (χ2v) is 4.49. The molecule has 0 aliphatic heterocycles. The number of amides is 1. The molecule has 0 unspecified atom stereocenters. The number of benzene rings is 2. The van der Waals surface area contributed by atoms with E-state index in [2.05, 4.69) is 17.2 Å². The smallest absolute Gasteiger partial charge is 0.255 e. The summed E-state index contributed by atoms with van der Waals surface area (Å²) in [5.74, 6) is 5.22. The molecule has 0 aliphatic carbocycles. The summed E-state index contributed by atoms with van der Waals surface area (Å²) in [6, 6.07) is 11.5. The number of carbonyl (C=O) groups is 1. The van der Waals surface area contributed by atoms with Gasteiger partial charge in [-0.1, -0.05) is 17.9 Å². The normalized spacial score (nSPS) is 9.62. The van der Waals surface area contributed by atoms with Crippen LogP contribution in [-0.2, 0) is 0 Å². The van der Waals surface area contributed by atoms with Gasteiger partial charge in [0.2, 0.25) is 0 Å². The third kappa shape index (κ3) is 3.85. The topological polar surface area (TPSA) is 69.6 Å². The first kappa shape index (κ1) is 14.6. The molecule has 21 heavy (non-hydrogen) atoms. The van der Waals surface area contributed by atoms with E-state index in [1.54, 1.807) is 18.2 Å². The maximum atomic E-state index is 12.1. The van der Waals surface area contributed by atoms with E-state index in [4.69, 9.17) is 5.11 Å². The van der Waals surface area contributed by atoms with Gasteiger partial charge in [-0.2, -0.15) is 0 Å². The molecule has 0 spiro atoms. The maximum Gasteiger partial charge on any atom is 0.255 e. The van der Waals surface area contributed by atoms with Gasteiger partial charge in [0.15, 0.2) is 0 Å². The van der Waals surface area contributed by atoms with Gasteiger partial charge in [-0.05, 0) is 48.9 Å². The van der Waals surface area contributed by atoms with Gasteiger partial charge in [-0.25, -0.2) is 0 Å². The monoisotopic (exact) mass is 281 g/mol. The summed E-state index contributed by atoms with van der Waals surface area (Å²) >= 11 is 0. The summed E-state index contributed by atoms with van der Waals surface area (Å²) in [5, 5.41) is 20.7. The molecule has 0 saturated heterocycles. The lowest BCUT2D eigenvalue weighted by Gasteiger charge is -2.09. The largest absolute Gasteiger partial charge is 0.508 e.